The lowest BCUT2D eigenvalue weighted by Crippen LogP contribution is -2.47. The standard InChI is InChI=1S/C31H39NO2Si/c1-22(29(25-20-14-9-15-21-25)34-35(5,6)31(2,3)4)32-30(33)28-26(23-16-10-7-11-17-23)27(28)24-18-12-8-13-19-24/h7-22,26-29H,1-6H3,(H,32,33)/t22-,26-,27+,28?,29?/m0/s1. The Labute approximate surface area is 212 Å². The smallest absolute Gasteiger partial charge is 0.224 e. The fourth-order valence-corrected chi connectivity index (χ4v) is 6.14. The van der Waals surface area contributed by atoms with Crippen molar-refractivity contribution in [1.29, 1.82) is 0 Å². The number of rotatable bonds is 8. The molecule has 184 valence electrons. The molecule has 0 saturated heterocycles. The number of nitrogens with one attached hydrogen (secondary N) is 1. The Morgan fingerprint density at radius 2 is 1.23 bits per heavy atom. The van der Waals surface area contributed by atoms with Crippen molar-refractivity contribution in [2.45, 2.75) is 69.8 Å². The quantitative estimate of drug-likeness (QED) is 0.336. The highest BCUT2D eigenvalue weighted by Gasteiger charge is 2.56. The van der Waals surface area contributed by atoms with Crippen molar-refractivity contribution in [2.75, 3.05) is 0 Å². The lowest BCUT2D eigenvalue weighted by molar-refractivity contribution is -0.123. The van der Waals surface area contributed by atoms with Crippen LogP contribution in [0.25, 0.3) is 0 Å². The van der Waals surface area contributed by atoms with Crippen LogP contribution in [0.2, 0.25) is 18.1 Å². The van der Waals surface area contributed by atoms with Crippen LogP contribution in [-0.2, 0) is 9.22 Å². The van der Waals surface area contributed by atoms with Gasteiger partial charge in [-0.15, -0.1) is 0 Å². The third-order valence-corrected chi connectivity index (χ3v) is 12.3. The summed E-state index contributed by atoms with van der Waals surface area (Å²) >= 11 is 0. The number of carbonyl (C=O) groups excluding carboxylic acids is 1. The SMILES string of the molecule is C[C@H](NC(=O)C1[C@@H](c2ccccc2)[C@H]1c1ccccc1)C(O[Si](C)(C)C(C)(C)C)c1ccccc1. The van der Waals surface area contributed by atoms with Crippen molar-refractivity contribution in [1.82, 2.24) is 5.32 Å². The topological polar surface area (TPSA) is 38.3 Å². The first-order chi connectivity index (χ1) is 16.6. The van der Waals surface area contributed by atoms with Gasteiger partial charge in [0, 0.05) is 11.8 Å². The van der Waals surface area contributed by atoms with Crippen molar-refractivity contribution in [3.63, 3.8) is 0 Å². The van der Waals surface area contributed by atoms with E-state index in [2.05, 4.69) is 107 Å². The van der Waals surface area contributed by atoms with Crippen molar-refractivity contribution >= 4 is 14.2 Å². The van der Waals surface area contributed by atoms with Crippen LogP contribution in [0.4, 0.5) is 0 Å². The van der Waals surface area contributed by atoms with Crippen LogP contribution in [-0.4, -0.2) is 20.3 Å². The van der Waals surface area contributed by atoms with Gasteiger partial charge < -0.3 is 9.74 Å². The summed E-state index contributed by atoms with van der Waals surface area (Å²) in [4.78, 5) is 13.7. The second-order valence-electron chi connectivity index (χ2n) is 11.4. The number of benzene rings is 3. The van der Waals surface area contributed by atoms with Crippen molar-refractivity contribution in [3.8, 4) is 0 Å². The molecule has 0 spiro atoms. The molecule has 3 aromatic rings. The summed E-state index contributed by atoms with van der Waals surface area (Å²) in [6.45, 7) is 13.4. The van der Waals surface area contributed by atoms with Gasteiger partial charge in [0.15, 0.2) is 8.32 Å². The summed E-state index contributed by atoms with van der Waals surface area (Å²) in [5, 5.41) is 3.45. The molecule has 3 nitrogen and oxygen atoms in total. The van der Waals surface area contributed by atoms with Gasteiger partial charge in [0.25, 0.3) is 0 Å². The monoisotopic (exact) mass is 485 g/mol. The van der Waals surface area contributed by atoms with E-state index < -0.39 is 8.32 Å². The first-order valence-corrected chi connectivity index (χ1v) is 15.6. The van der Waals surface area contributed by atoms with Gasteiger partial charge in [-0.05, 0) is 41.7 Å². The molecular formula is C31H39NO2Si. The van der Waals surface area contributed by atoms with Gasteiger partial charge >= 0.3 is 0 Å². The number of hydrogen-bond acceptors (Lipinski definition) is 2. The predicted octanol–water partition coefficient (Wildman–Crippen LogP) is 7.45. The molecule has 4 heteroatoms. The molecule has 3 aromatic carbocycles. The highest BCUT2D eigenvalue weighted by molar-refractivity contribution is 6.74. The van der Waals surface area contributed by atoms with Crippen molar-refractivity contribution in [3.05, 3.63) is 108 Å². The van der Waals surface area contributed by atoms with Gasteiger partial charge in [0.2, 0.25) is 5.91 Å². The van der Waals surface area contributed by atoms with Gasteiger partial charge in [-0.2, -0.15) is 0 Å². The fraction of sp³-hybridized carbons (Fsp3) is 0.387. The minimum Gasteiger partial charge on any atom is -0.408 e. The van der Waals surface area contributed by atoms with E-state index in [0.717, 1.165) is 5.56 Å². The van der Waals surface area contributed by atoms with E-state index in [4.69, 9.17) is 4.43 Å². The molecule has 2 unspecified atom stereocenters. The van der Waals surface area contributed by atoms with Crippen LogP contribution >= 0.6 is 0 Å². The molecule has 1 N–H and O–H groups in total. The third kappa shape index (κ3) is 5.60. The minimum absolute atomic E-state index is 0.0773. The summed E-state index contributed by atoms with van der Waals surface area (Å²) in [6.07, 6.45) is -0.190. The Bertz CT molecular complexity index is 1060. The summed E-state index contributed by atoms with van der Waals surface area (Å²) in [5.41, 5.74) is 3.57. The molecule has 1 amide bonds. The second kappa shape index (κ2) is 10.1. The van der Waals surface area contributed by atoms with Crippen LogP contribution in [0.15, 0.2) is 91.0 Å². The van der Waals surface area contributed by atoms with Crippen LogP contribution in [0, 0.1) is 5.92 Å². The van der Waals surface area contributed by atoms with E-state index in [9.17, 15) is 4.79 Å². The molecular weight excluding hydrogens is 446 g/mol. The molecule has 4 rings (SSSR count). The molecule has 35 heavy (non-hydrogen) atoms. The molecule has 0 aromatic heterocycles. The van der Waals surface area contributed by atoms with Crippen LogP contribution in [0.5, 0.6) is 0 Å². The van der Waals surface area contributed by atoms with Gasteiger partial charge in [0.1, 0.15) is 0 Å². The molecule has 1 aliphatic rings. The Balaban J connectivity index is 1.57. The maximum atomic E-state index is 13.7. The zero-order chi connectivity index (χ0) is 25.2. The maximum Gasteiger partial charge on any atom is 0.224 e. The summed E-state index contributed by atoms with van der Waals surface area (Å²) in [6, 6.07) is 31.1. The molecule has 0 bridgehead atoms. The molecule has 0 radical (unpaired) electrons. The molecule has 0 aliphatic heterocycles. The van der Waals surface area contributed by atoms with Crippen LogP contribution in [0.3, 0.4) is 0 Å². The van der Waals surface area contributed by atoms with Gasteiger partial charge in [-0.25, -0.2) is 0 Å². The number of carbonyl (C=O) groups is 1. The number of amides is 1. The van der Waals surface area contributed by atoms with E-state index >= 15 is 0 Å². The van der Waals surface area contributed by atoms with Gasteiger partial charge in [-0.3, -0.25) is 4.79 Å². The van der Waals surface area contributed by atoms with E-state index in [1.54, 1.807) is 0 Å². The van der Waals surface area contributed by atoms with Crippen LogP contribution < -0.4 is 5.32 Å². The highest BCUT2D eigenvalue weighted by Crippen LogP contribution is 2.60. The molecule has 1 fully saturated rings. The molecule has 5 atom stereocenters. The fourth-order valence-electron chi connectivity index (χ4n) is 4.81. The van der Waals surface area contributed by atoms with Gasteiger partial charge in [0.05, 0.1) is 18.1 Å². The minimum atomic E-state index is -2.06. The van der Waals surface area contributed by atoms with Crippen molar-refractivity contribution in [2.24, 2.45) is 5.92 Å². The second-order valence-corrected chi connectivity index (χ2v) is 16.2. The summed E-state index contributed by atoms with van der Waals surface area (Å²) in [5.74, 6) is 0.427. The Hall–Kier alpha value is -2.69. The van der Waals surface area contributed by atoms with Gasteiger partial charge in [-0.1, -0.05) is 112 Å². The zero-order valence-electron chi connectivity index (χ0n) is 21.9. The lowest BCUT2D eigenvalue weighted by atomic mass is 10.0. The Morgan fingerprint density at radius 3 is 1.66 bits per heavy atom. The van der Waals surface area contributed by atoms with E-state index in [1.165, 1.54) is 11.1 Å². The van der Waals surface area contributed by atoms with Crippen molar-refractivity contribution < 1.29 is 9.22 Å². The third-order valence-electron chi connectivity index (χ3n) is 7.87. The average molecular weight is 486 g/mol. The first-order valence-electron chi connectivity index (χ1n) is 12.7. The zero-order valence-corrected chi connectivity index (χ0v) is 22.9. The largest absolute Gasteiger partial charge is 0.408 e. The first kappa shape index (κ1) is 25.4. The Morgan fingerprint density at radius 1 is 0.800 bits per heavy atom. The summed E-state index contributed by atoms with van der Waals surface area (Å²) in [7, 11) is -2.06. The molecule has 0 heterocycles. The molecule has 1 saturated carbocycles. The maximum absolute atomic E-state index is 13.7. The average Bonchev–Trinajstić information content (AvgIpc) is 3.59. The lowest BCUT2D eigenvalue weighted by Gasteiger charge is -2.41. The molecule has 1 aliphatic carbocycles. The van der Waals surface area contributed by atoms with E-state index in [1.807, 2.05) is 30.3 Å². The number of hydrogen-bond donors (Lipinski definition) is 1. The Kier molecular flexibility index (Phi) is 7.34. The highest BCUT2D eigenvalue weighted by atomic mass is 28.4. The van der Waals surface area contributed by atoms with E-state index in [-0.39, 0.29) is 40.8 Å². The predicted molar refractivity (Wildman–Crippen MR) is 147 cm³/mol. The summed E-state index contributed by atoms with van der Waals surface area (Å²) < 4.78 is 6.90. The van der Waals surface area contributed by atoms with E-state index in [0.29, 0.717) is 0 Å². The van der Waals surface area contributed by atoms with Crippen LogP contribution in [0.1, 0.15) is 62.3 Å². The normalized spacial score (nSPS) is 21.7.